The van der Waals surface area contributed by atoms with Gasteiger partial charge in [-0.1, -0.05) is 26.0 Å². The Balaban J connectivity index is 1.83. The van der Waals surface area contributed by atoms with Crippen LogP contribution < -0.4 is 5.46 Å². The fourth-order valence-corrected chi connectivity index (χ4v) is 3.11. The third-order valence-electron chi connectivity index (χ3n) is 5.12. The molecule has 0 atom stereocenters. The maximum Gasteiger partial charge on any atom is 0.494 e. The van der Waals surface area contributed by atoms with Crippen molar-refractivity contribution in [2.75, 3.05) is 6.54 Å². The van der Waals surface area contributed by atoms with Crippen LogP contribution in [0.15, 0.2) is 18.2 Å². The van der Waals surface area contributed by atoms with Gasteiger partial charge >= 0.3 is 7.12 Å². The second kappa shape index (κ2) is 5.35. The molecular formula is C18H26BNO3. The summed E-state index contributed by atoms with van der Waals surface area (Å²) in [5, 5.41) is 0. The molecule has 0 N–H and O–H groups in total. The summed E-state index contributed by atoms with van der Waals surface area (Å²) in [6.45, 7) is 13.9. The molecule has 1 saturated heterocycles. The van der Waals surface area contributed by atoms with Crippen molar-refractivity contribution in [3.63, 3.8) is 0 Å². The average Bonchev–Trinajstić information content (AvgIpc) is 2.83. The van der Waals surface area contributed by atoms with Gasteiger partial charge in [0.15, 0.2) is 0 Å². The van der Waals surface area contributed by atoms with Crippen LogP contribution in [-0.4, -0.2) is 35.7 Å². The predicted octanol–water partition coefficient (Wildman–Crippen LogP) is 2.60. The van der Waals surface area contributed by atoms with Crippen LogP contribution in [0.1, 0.15) is 57.5 Å². The summed E-state index contributed by atoms with van der Waals surface area (Å²) in [6, 6.07) is 5.94. The summed E-state index contributed by atoms with van der Waals surface area (Å²) in [5.41, 5.74) is 2.17. The van der Waals surface area contributed by atoms with Crippen molar-refractivity contribution in [1.29, 1.82) is 0 Å². The minimum absolute atomic E-state index is 0.133. The molecule has 124 valence electrons. The van der Waals surface area contributed by atoms with Crippen LogP contribution in [0.5, 0.6) is 0 Å². The number of carbonyl (C=O) groups is 1. The molecule has 23 heavy (non-hydrogen) atoms. The average molecular weight is 315 g/mol. The molecule has 5 heteroatoms. The van der Waals surface area contributed by atoms with E-state index in [-0.39, 0.29) is 24.2 Å². The standard InChI is InChI=1S/C18H26BNO3/c1-12(2)10-20-11-13-9-14(7-8-15(13)16(20)21)19-22-17(3,4)18(5,6)23-19/h7-9,12H,10-11H2,1-6H3. The zero-order chi connectivity index (χ0) is 17.0. The first kappa shape index (κ1) is 16.5. The number of amides is 1. The number of benzene rings is 1. The molecule has 0 unspecified atom stereocenters. The van der Waals surface area contributed by atoms with Crippen molar-refractivity contribution in [2.45, 2.75) is 59.3 Å². The van der Waals surface area contributed by atoms with Gasteiger partial charge in [0.05, 0.1) is 11.2 Å². The molecule has 0 radical (unpaired) electrons. The molecule has 0 aliphatic carbocycles. The molecule has 4 nitrogen and oxygen atoms in total. The fourth-order valence-electron chi connectivity index (χ4n) is 3.11. The van der Waals surface area contributed by atoms with Crippen molar-refractivity contribution in [3.8, 4) is 0 Å². The van der Waals surface area contributed by atoms with Crippen LogP contribution in [0.25, 0.3) is 0 Å². The van der Waals surface area contributed by atoms with E-state index in [1.165, 1.54) is 0 Å². The van der Waals surface area contributed by atoms with Crippen LogP contribution in [0.2, 0.25) is 0 Å². The van der Waals surface area contributed by atoms with Gasteiger partial charge in [0.25, 0.3) is 5.91 Å². The topological polar surface area (TPSA) is 38.8 Å². The molecule has 3 rings (SSSR count). The number of fused-ring (bicyclic) bond motifs is 1. The van der Waals surface area contributed by atoms with E-state index in [9.17, 15) is 4.79 Å². The summed E-state index contributed by atoms with van der Waals surface area (Å²) < 4.78 is 12.2. The highest BCUT2D eigenvalue weighted by molar-refractivity contribution is 6.62. The number of nitrogens with zero attached hydrogens (tertiary/aromatic N) is 1. The van der Waals surface area contributed by atoms with Gasteiger partial charge in [-0.2, -0.15) is 0 Å². The van der Waals surface area contributed by atoms with Crippen LogP contribution in [-0.2, 0) is 15.9 Å². The minimum atomic E-state index is -0.375. The van der Waals surface area contributed by atoms with Crippen molar-refractivity contribution >= 4 is 18.5 Å². The van der Waals surface area contributed by atoms with Crippen molar-refractivity contribution < 1.29 is 14.1 Å². The van der Waals surface area contributed by atoms with E-state index in [1.807, 2.05) is 44.7 Å². The lowest BCUT2D eigenvalue weighted by Gasteiger charge is -2.32. The Labute approximate surface area is 139 Å². The van der Waals surface area contributed by atoms with E-state index in [0.717, 1.165) is 23.1 Å². The van der Waals surface area contributed by atoms with Crippen LogP contribution in [0.3, 0.4) is 0 Å². The van der Waals surface area contributed by atoms with Crippen molar-refractivity contribution in [1.82, 2.24) is 4.90 Å². The molecule has 1 aromatic rings. The Hall–Kier alpha value is -1.33. The molecule has 2 aliphatic rings. The van der Waals surface area contributed by atoms with Crippen LogP contribution in [0.4, 0.5) is 0 Å². The number of carbonyl (C=O) groups excluding carboxylic acids is 1. The molecular weight excluding hydrogens is 289 g/mol. The summed E-state index contributed by atoms with van der Waals surface area (Å²) in [6.07, 6.45) is 0. The molecule has 1 aromatic carbocycles. The lowest BCUT2D eigenvalue weighted by molar-refractivity contribution is 0.00578. The van der Waals surface area contributed by atoms with Crippen molar-refractivity contribution in [3.05, 3.63) is 29.3 Å². The third-order valence-corrected chi connectivity index (χ3v) is 5.12. The summed E-state index contributed by atoms with van der Waals surface area (Å²) in [7, 11) is -0.375. The molecule has 0 aromatic heterocycles. The highest BCUT2D eigenvalue weighted by Gasteiger charge is 2.51. The highest BCUT2D eigenvalue weighted by Crippen LogP contribution is 2.36. The summed E-state index contributed by atoms with van der Waals surface area (Å²) in [5.74, 6) is 0.602. The molecule has 1 amide bonds. The zero-order valence-corrected chi connectivity index (χ0v) is 15.0. The van der Waals surface area contributed by atoms with Crippen molar-refractivity contribution in [2.24, 2.45) is 5.92 Å². The first-order chi connectivity index (χ1) is 10.6. The van der Waals surface area contributed by atoms with E-state index < -0.39 is 0 Å². The smallest absolute Gasteiger partial charge is 0.399 e. The van der Waals surface area contributed by atoms with Gasteiger partial charge in [-0.25, -0.2) is 0 Å². The zero-order valence-electron chi connectivity index (χ0n) is 15.0. The maximum absolute atomic E-state index is 12.4. The molecule has 2 aliphatic heterocycles. The highest BCUT2D eigenvalue weighted by atomic mass is 16.7. The van der Waals surface area contributed by atoms with Gasteiger partial charge in [-0.3, -0.25) is 4.79 Å². The van der Waals surface area contributed by atoms with E-state index in [4.69, 9.17) is 9.31 Å². The molecule has 0 spiro atoms. The first-order valence-corrected chi connectivity index (χ1v) is 8.38. The van der Waals surface area contributed by atoms with E-state index in [0.29, 0.717) is 12.5 Å². The van der Waals surface area contributed by atoms with E-state index in [2.05, 4.69) is 19.9 Å². The van der Waals surface area contributed by atoms with Crippen LogP contribution in [0, 0.1) is 5.92 Å². The van der Waals surface area contributed by atoms with Gasteiger partial charge in [0.2, 0.25) is 0 Å². The lowest BCUT2D eigenvalue weighted by atomic mass is 9.78. The number of hydrogen-bond donors (Lipinski definition) is 0. The lowest BCUT2D eigenvalue weighted by Crippen LogP contribution is -2.41. The van der Waals surface area contributed by atoms with Gasteiger partial charge in [-0.05, 0) is 50.7 Å². The van der Waals surface area contributed by atoms with Gasteiger partial charge in [0, 0.05) is 18.7 Å². The van der Waals surface area contributed by atoms with E-state index in [1.54, 1.807) is 0 Å². The normalized spacial score (nSPS) is 22.1. The largest absolute Gasteiger partial charge is 0.494 e. The Morgan fingerprint density at radius 2 is 1.78 bits per heavy atom. The third kappa shape index (κ3) is 2.81. The Bertz CT molecular complexity index is 623. The molecule has 2 heterocycles. The number of rotatable bonds is 3. The minimum Gasteiger partial charge on any atom is -0.399 e. The second-order valence-corrected chi connectivity index (χ2v) is 8.08. The Morgan fingerprint density at radius 1 is 1.17 bits per heavy atom. The molecule has 0 bridgehead atoms. The van der Waals surface area contributed by atoms with Gasteiger partial charge < -0.3 is 14.2 Å². The maximum atomic E-state index is 12.4. The van der Waals surface area contributed by atoms with E-state index >= 15 is 0 Å². The number of hydrogen-bond acceptors (Lipinski definition) is 3. The summed E-state index contributed by atoms with van der Waals surface area (Å²) in [4.78, 5) is 14.4. The Kier molecular flexibility index (Phi) is 3.85. The molecule has 1 fully saturated rings. The van der Waals surface area contributed by atoms with Gasteiger partial charge in [-0.15, -0.1) is 0 Å². The Morgan fingerprint density at radius 3 is 2.35 bits per heavy atom. The quantitative estimate of drug-likeness (QED) is 0.805. The monoisotopic (exact) mass is 315 g/mol. The fraction of sp³-hybridized carbons (Fsp3) is 0.611. The second-order valence-electron chi connectivity index (χ2n) is 8.08. The van der Waals surface area contributed by atoms with Crippen LogP contribution >= 0.6 is 0 Å². The summed E-state index contributed by atoms with van der Waals surface area (Å²) >= 11 is 0. The SMILES string of the molecule is CC(C)CN1Cc2cc(B3OC(C)(C)C(C)(C)O3)ccc2C1=O. The molecule has 0 saturated carbocycles. The predicted molar refractivity (Wildman–Crippen MR) is 91.7 cm³/mol. The van der Waals surface area contributed by atoms with Gasteiger partial charge in [0.1, 0.15) is 0 Å². The first-order valence-electron chi connectivity index (χ1n) is 8.38.